The van der Waals surface area contributed by atoms with E-state index in [-0.39, 0.29) is 11.4 Å². The predicted molar refractivity (Wildman–Crippen MR) is 109 cm³/mol. The Labute approximate surface area is 171 Å². The van der Waals surface area contributed by atoms with Crippen LogP contribution in [0, 0.1) is 0 Å². The third-order valence-electron chi connectivity index (χ3n) is 5.52. The van der Waals surface area contributed by atoms with Crippen LogP contribution in [0.5, 0.6) is 11.5 Å². The zero-order chi connectivity index (χ0) is 20.4. The van der Waals surface area contributed by atoms with Gasteiger partial charge in [0.1, 0.15) is 0 Å². The first-order valence-electron chi connectivity index (χ1n) is 9.85. The van der Waals surface area contributed by atoms with Gasteiger partial charge in [0.2, 0.25) is 16.0 Å². The molecule has 0 saturated carbocycles. The van der Waals surface area contributed by atoms with Crippen LogP contribution in [0.15, 0.2) is 29.3 Å². The van der Waals surface area contributed by atoms with E-state index in [0.717, 1.165) is 43.1 Å². The van der Waals surface area contributed by atoms with Gasteiger partial charge in [0, 0.05) is 50.4 Å². The minimum atomic E-state index is -3.66. The SMILES string of the molecule is COc1ccc(S(=O)(=O)N2CCc3nc(N4CCCCC4)ncc3C2)cc1OC. The highest BCUT2D eigenvalue weighted by molar-refractivity contribution is 7.89. The van der Waals surface area contributed by atoms with Crippen LogP contribution in [0.4, 0.5) is 5.95 Å². The standard InChI is InChI=1S/C20H26N4O4S/c1-27-18-7-6-16(12-19(18)28-2)29(25,26)24-11-8-17-15(14-24)13-21-20(22-17)23-9-4-3-5-10-23/h6-7,12-13H,3-5,8-11,14H2,1-2H3. The number of piperidine rings is 1. The van der Waals surface area contributed by atoms with E-state index in [0.29, 0.717) is 24.5 Å². The van der Waals surface area contributed by atoms with Crippen molar-refractivity contribution in [3.05, 3.63) is 35.7 Å². The van der Waals surface area contributed by atoms with Crippen LogP contribution < -0.4 is 14.4 Å². The van der Waals surface area contributed by atoms with Crippen molar-refractivity contribution in [2.75, 3.05) is 38.8 Å². The second-order valence-electron chi connectivity index (χ2n) is 7.30. The highest BCUT2D eigenvalue weighted by Crippen LogP contribution is 2.32. The molecule has 0 radical (unpaired) electrons. The third kappa shape index (κ3) is 3.89. The first kappa shape index (κ1) is 19.9. The van der Waals surface area contributed by atoms with Crippen LogP contribution in [0.25, 0.3) is 0 Å². The number of methoxy groups -OCH3 is 2. The lowest BCUT2D eigenvalue weighted by Crippen LogP contribution is -2.37. The normalized spacial score (nSPS) is 17.7. The van der Waals surface area contributed by atoms with Gasteiger partial charge in [-0.15, -0.1) is 0 Å². The molecule has 2 aromatic rings. The minimum absolute atomic E-state index is 0.185. The zero-order valence-corrected chi connectivity index (χ0v) is 17.6. The van der Waals surface area contributed by atoms with Gasteiger partial charge < -0.3 is 14.4 Å². The van der Waals surface area contributed by atoms with Crippen molar-refractivity contribution in [2.45, 2.75) is 37.1 Å². The van der Waals surface area contributed by atoms with Crippen molar-refractivity contribution in [1.29, 1.82) is 0 Å². The second-order valence-corrected chi connectivity index (χ2v) is 9.23. The van der Waals surface area contributed by atoms with Gasteiger partial charge in [0.25, 0.3) is 0 Å². The molecule has 0 amide bonds. The molecule has 0 N–H and O–H groups in total. The molecule has 1 fully saturated rings. The molecule has 29 heavy (non-hydrogen) atoms. The number of rotatable bonds is 5. The average molecular weight is 419 g/mol. The van der Waals surface area contributed by atoms with E-state index in [1.165, 1.54) is 31.0 Å². The van der Waals surface area contributed by atoms with E-state index >= 15 is 0 Å². The lowest BCUT2D eigenvalue weighted by atomic mass is 10.1. The summed E-state index contributed by atoms with van der Waals surface area (Å²) in [5.74, 6) is 1.65. The van der Waals surface area contributed by atoms with Crippen LogP contribution in [-0.2, 0) is 23.0 Å². The number of sulfonamides is 1. The summed E-state index contributed by atoms with van der Waals surface area (Å²) in [6.45, 7) is 2.63. The Morgan fingerprint density at radius 1 is 1.00 bits per heavy atom. The molecule has 3 heterocycles. The van der Waals surface area contributed by atoms with Crippen molar-refractivity contribution in [2.24, 2.45) is 0 Å². The molecule has 1 aromatic carbocycles. The van der Waals surface area contributed by atoms with Crippen LogP contribution in [-0.4, -0.2) is 56.5 Å². The van der Waals surface area contributed by atoms with E-state index < -0.39 is 10.0 Å². The highest BCUT2D eigenvalue weighted by atomic mass is 32.2. The topological polar surface area (TPSA) is 84.9 Å². The molecule has 9 heteroatoms. The third-order valence-corrected chi connectivity index (χ3v) is 7.36. The summed E-state index contributed by atoms with van der Waals surface area (Å²) < 4.78 is 38.2. The summed E-state index contributed by atoms with van der Waals surface area (Å²) in [4.78, 5) is 11.6. The smallest absolute Gasteiger partial charge is 0.243 e. The molecule has 0 aliphatic carbocycles. The molecule has 0 bridgehead atoms. The number of hydrogen-bond donors (Lipinski definition) is 0. The van der Waals surface area contributed by atoms with Crippen molar-refractivity contribution < 1.29 is 17.9 Å². The molecular formula is C20H26N4O4S. The first-order valence-corrected chi connectivity index (χ1v) is 11.3. The number of hydrogen-bond acceptors (Lipinski definition) is 7. The van der Waals surface area contributed by atoms with Gasteiger partial charge in [-0.25, -0.2) is 18.4 Å². The maximum atomic E-state index is 13.2. The average Bonchev–Trinajstić information content (AvgIpc) is 2.78. The second kappa shape index (κ2) is 8.16. The molecule has 0 spiro atoms. The van der Waals surface area contributed by atoms with Crippen LogP contribution in [0.1, 0.15) is 30.5 Å². The van der Waals surface area contributed by atoms with Gasteiger partial charge in [-0.2, -0.15) is 4.31 Å². The largest absolute Gasteiger partial charge is 0.493 e. The monoisotopic (exact) mass is 418 g/mol. The molecular weight excluding hydrogens is 392 g/mol. The highest BCUT2D eigenvalue weighted by Gasteiger charge is 2.30. The molecule has 1 aromatic heterocycles. The summed E-state index contributed by atoms with van der Waals surface area (Å²) in [6.07, 6.45) is 5.94. The zero-order valence-electron chi connectivity index (χ0n) is 16.8. The number of benzene rings is 1. The van der Waals surface area contributed by atoms with E-state index in [4.69, 9.17) is 14.5 Å². The Bertz CT molecular complexity index is 990. The van der Waals surface area contributed by atoms with Gasteiger partial charge in [-0.3, -0.25) is 0 Å². The minimum Gasteiger partial charge on any atom is -0.493 e. The lowest BCUT2D eigenvalue weighted by Gasteiger charge is -2.30. The maximum absolute atomic E-state index is 13.2. The van der Waals surface area contributed by atoms with Crippen LogP contribution in [0.3, 0.4) is 0 Å². The molecule has 156 valence electrons. The Kier molecular flexibility index (Phi) is 5.60. The number of fused-ring (bicyclic) bond motifs is 1. The Balaban J connectivity index is 1.56. The molecule has 2 aliphatic heterocycles. The van der Waals surface area contributed by atoms with Gasteiger partial charge >= 0.3 is 0 Å². The fourth-order valence-corrected chi connectivity index (χ4v) is 5.29. The molecule has 0 unspecified atom stereocenters. The maximum Gasteiger partial charge on any atom is 0.243 e. The molecule has 4 rings (SSSR count). The predicted octanol–water partition coefficient (Wildman–Crippen LogP) is 2.23. The summed E-state index contributed by atoms with van der Waals surface area (Å²) in [5.41, 5.74) is 1.81. The summed E-state index contributed by atoms with van der Waals surface area (Å²) in [6, 6.07) is 4.65. The van der Waals surface area contributed by atoms with Crippen molar-refractivity contribution in [3.8, 4) is 11.5 Å². The van der Waals surface area contributed by atoms with Gasteiger partial charge in [0.15, 0.2) is 11.5 Å². The van der Waals surface area contributed by atoms with E-state index in [9.17, 15) is 8.42 Å². The summed E-state index contributed by atoms with van der Waals surface area (Å²) in [7, 11) is -0.653. The Morgan fingerprint density at radius 3 is 2.48 bits per heavy atom. The fraction of sp³-hybridized carbons (Fsp3) is 0.500. The van der Waals surface area contributed by atoms with Crippen molar-refractivity contribution >= 4 is 16.0 Å². The molecule has 0 atom stereocenters. The molecule has 2 aliphatic rings. The number of aromatic nitrogens is 2. The van der Waals surface area contributed by atoms with Gasteiger partial charge in [-0.1, -0.05) is 0 Å². The number of ether oxygens (including phenoxy) is 2. The quantitative estimate of drug-likeness (QED) is 0.736. The fourth-order valence-electron chi connectivity index (χ4n) is 3.86. The van der Waals surface area contributed by atoms with Crippen molar-refractivity contribution in [1.82, 2.24) is 14.3 Å². The van der Waals surface area contributed by atoms with Crippen molar-refractivity contribution in [3.63, 3.8) is 0 Å². The Morgan fingerprint density at radius 2 is 1.76 bits per heavy atom. The first-order chi connectivity index (χ1) is 14.0. The van der Waals surface area contributed by atoms with Gasteiger partial charge in [-0.05, 0) is 31.4 Å². The lowest BCUT2D eigenvalue weighted by molar-refractivity contribution is 0.353. The molecule has 8 nitrogen and oxygen atoms in total. The Hall–Kier alpha value is -2.39. The van der Waals surface area contributed by atoms with E-state index in [1.807, 2.05) is 0 Å². The summed E-state index contributed by atoms with van der Waals surface area (Å²) in [5, 5.41) is 0. The van der Waals surface area contributed by atoms with Gasteiger partial charge in [0.05, 0.1) is 24.8 Å². The van der Waals surface area contributed by atoms with Crippen LogP contribution in [0.2, 0.25) is 0 Å². The molecule has 1 saturated heterocycles. The number of nitrogens with zero attached hydrogens (tertiary/aromatic N) is 4. The van der Waals surface area contributed by atoms with E-state index in [1.54, 1.807) is 18.3 Å². The van der Waals surface area contributed by atoms with E-state index in [2.05, 4.69) is 9.88 Å². The number of anilines is 1. The van der Waals surface area contributed by atoms with Crippen LogP contribution >= 0.6 is 0 Å². The summed E-state index contributed by atoms with van der Waals surface area (Å²) >= 11 is 0.